The number of nitrogens with zero attached hydrogens (tertiary/aromatic N) is 1. The Kier molecular flexibility index (Phi) is 3.06. The zero-order chi connectivity index (χ0) is 14.1. The largest absolute Gasteiger partial charge is 0.507 e. The molecule has 0 spiro atoms. The summed E-state index contributed by atoms with van der Waals surface area (Å²) in [5.41, 5.74) is 1.96. The highest BCUT2D eigenvalue weighted by atomic mass is 19.1. The molecule has 100 valence electrons. The minimum atomic E-state index is -0.488. The molecule has 4 heteroatoms. The maximum atomic E-state index is 13.7. The van der Waals surface area contributed by atoms with Crippen LogP contribution in [0.25, 0.3) is 5.57 Å². The number of hydrogen-bond donors (Lipinski definition) is 1. The van der Waals surface area contributed by atoms with Gasteiger partial charge in [0.25, 0.3) is 0 Å². The highest BCUT2D eigenvalue weighted by Crippen LogP contribution is 2.27. The second-order valence-electron chi connectivity index (χ2n) is 4.51. The lowest BCUT2D eigenvalue weighted by Gasteiger charge is -2.03. The van der Waals surface area contributed by atoms with Gasteiger partial charge in [0.15, 0.2) is 0 Å². The van der Waals surface area contributed by atoms with Crippen LogP contribution >= 0.6 is 0 Å². The monoisotopic (exact) mass is 271 g/mol. The summed E-state index contributed by atoms with van der Waals surface area (Å²) in [5.74, 6) is -0.854. The first kappa shape index (κ1) is 12.5. The molecule has 1 aliphatic rings. The molecule has 1 aliphatic heterocycles. The van der Waals surface area contributed by atoms with Crippen molar-refractivity contribution in [1.82, 2.24) is 0 Å². The van der Waals surface area contributed by atoms with Crippen molar-refractivity contribution in [2.75, 3.05) is 6.54 Å². The standard InChI is InChI=1S/C16H11F2NO/c17-11-5-6-14(18)13(8-11)10-7-15(19-9-10)12-3-1-2-4-16(12)20/h1-8,20H,9H2. The number of aromatic hydroxyl groups is 1. The Morgan fingerprint density at radius 2 is 1.80 bits per heavy atom. The van der Waals surface area contributed by atoms with Gasteiger partial charge in [0.05, 0.1) is 12.3 Å². The van der Waals surface area contributed by atoms with Crippen LogP contribution in [0.5, 0.6) is 5.75 Å². The Balaban J connectivity index is 1.99. The third kappa shape index (κ3) is 2.20. The van der Waals surface area contributed by atoms with E-state index in [1.165, 1.54) is 0 Å². The number of phenols is 1. The zero-order valence-corrected chi connectivity index (χ0v) is 10.5. The maximum Gasteiger partial charge on any atom is 0.130 e. The van der Waals surface area contributed by atoms with Crippen molar-refractivity contribution in [2.24, 2.45) is 4.99 Å². The summed E-state index contributed by atoms with van der Waals surface area (Å²) in [6, 6.07) is 10.1. The van der Waals surface area contributed by atoms with Crippen molar-refractivity contribution in [3.63, 3.8) is 0 Å². The molecule has 20 heavy (non-hydrogen) atoms. The molecule has 0 saturated heterocycles. The fraction of sp³-hybridized carbons (Fsp3) is 0.0625. The number of benzene rings is 2. The minimum absolute atomic E-state index is 0.114. The molecule has 1 heterocycles. The summed E-state index contributed by atoms with van der Waals surface area (Å²) < 4.78 is 26.9. The van der Waals surface area contributed by atoms with Crippen LogP contribution in [0.3, 0.4) is 0 Å². The molecule has 0 fully saturated rings. The smallest absolute Gasteiger partial charge is 0.130 e. The SMILES string of the molecule is Oc1ccccc1C1=NCC(c2cc(F)ccc2F)=C1. The zero-order valence-electron chi connectivity index (χ0n) is 10.5. The van der Waals surface area contributed by atoms with E-state index in [-0.39, 0.29) is 17.9 Å². The molecule has 0 aliphatic carbocycles. The maximum absolute atomic E-state index is 13.7. The van der Waals surface area contributed by atoms with E-state index < -0.39 is 11.6 Å². The van der Waals surface area contributed by atoms with Crippen molar-refractivity contribution >= 4 is 11.3 Å². The van der Waals surface area contributed by atoms with Crippen LogP contribution in [0, 0.1) is 11.6 Å². The van der Waals surface area contributed by atoms with E-state index in [4.69, 9.17) is 0 Å². The lowest BCUT2D eigenvalue weighted by molar-refractivity contribution is 0.474. The van der Waals surface area contributed by atoms with Crippen molar-refractivity contribution in [3.05, 3.63) is 71.3 Å². The number of aliphatic imine (C=N–C) groups is 1. The van der Waals surface area contributed by atoms with Crippen LogP contribution in [0.4, 0.5) is 8.78 Å². The second-order valence-corrected chi connectivity index (χ2v) is 4.51. The molecule has 0 amide bonds. The summed E-state index contributed by atoms with van der Waals surface area (Å²) >= 11 is 0. The van der Waals surface area contributed by atoms with Gasteiger partial charge >= 0.3 is 0 Å². The Morgan fingerprint density at radius 1 is 1.00 bits per heavy atom. The topological polar surface area (TPSA) is 32.6 Å². The van der Waals surface area contributed by atoms with Crippen LogP contribution in [-0.4, -0.2) is 17.4 Å². The van der Waals surface area contributed by atoms with Crippen LogP contribution in [0.15, 0.2) is 53.5 Å². The summed E-state index contributed by atoms with van der Waals surface area (Å²) in [4.78, 5) is 4.27. The summed E-state index contributed by atoms with van der Waals surface area (Å²) in [7, 11) is 0. The predicted molar refractivity (Wildman–Crippen MR) is 73.8 cm³/mol. The lowest BCUT2D eigenvalue weighted by Crippen LogP contribution is -1.94. The van der Waals surface area contributed by atoms with E-state index in [1.807, 2.05) is 0 Å². The van der Waals surface area contributed by atoms with Crippen LogP contribution in [0.1, 0.15) is 11.1 Å². The van der Waals surface area contributed by atoms with Crippen molar-refractivity contribution in [1.29, 1.82) is 0 Å². The summed E-state index contributed by atoms with van der Waals surface area (Å²) in [6.07, 6.45) is 1.67. The van der Waals surface area contributed by atoms with Crippen molar-refractivity contribution in [3.8, 4) is 5.75 Å². The second kappa shape index (κ2) is 4.89. The Morgan fingerprint density at radius 3 is 2.60 bits per heavy atom. The number of allylic oxidation sites excluding steroid dienone is 1. The van der Waals surface area contributed by atoms with Gasteiger partial charge in [-0.05, 0) is 42.0 Å². The van der Waals surface area contributed by atoms with Crippen molar-refractivity contribution in [2.45, 2.75) is 0 Å². The number of halogens is 2. The fourth-order valence-electron chi connectivity index (χ4n) is 2.19. The highest BCUT2D eigenvalue weighted by molar-refractivity contribution is 6.16. The number of rotatable bonds is 2. The molecule has 0 bridgehead atoms. The average molecular weight is 271 g/mol. The number of para-hydroxylation sites is 1. The Labute approximate surface area is 114 Å². The minimum Gasteiger partial charge on any atom is -0.507 e. The van der Waals surface area contributed by atoms with Gasteiger partial charge in [-0.1, -0.05) is 12.1 Å². The number of phenolic OH excluding ortho intramolecular Hbond substituents is 1. The highest BCUT2D eigenvalue weighted by Gasteiger charge is 2.17. The number of hydrogen-bond acceptors (Lipinski definition) is 2. The molecule has 2 nitrogen and oxygen atoms in total. The molecule has 0 unspecified atom stereocenters. The third-order valence-corrected chi connectivity index (χ3v) is 3.19. The Bertz CT molecular complexity index is 735. The van der Waals surface area contributed by atoms with Gasteiger partial charge in [-0.3, -0.25) is 4.99 Å². The van der Waals surface area contributed by atoms with Crippen LogP contribution in [-0.2, 0) is 0 Å². The van der Waals surface area contributed by atoms with Crippen LogP contribution in [0.2, 0.25) is 0 Å². The van der Waals surface area contributed by atoms with E-state index in [0.717, 1.165) is 18.2 Å². The molecule has 0 aromatic heterocycles. The molecular weight excluding hydrogens is 260 g/mol. The van der Waals surface area contributed by atoms with Gasteiger partial charge in [-0.15, -0.1) is 0 Å². The summed E-state index contributed by atoms with van der Waals surface area (Å²) in [5, 5.41) is 9.78. The molecular formula is C16H11F2NO. The van der Waals surface area contributed by atoms with Crippen LogP contribution < -0.4 is 0 Å². The van der Waals surface area contributed by atoms with E-state index >= 15 is 0 Å². The van der Waals surface area contributed by atoms with Gasteiger partial charge < -0.3 is 5.11 Å². The first-order valence-corrected chi connectivity index (χ1v) is 6.14. The quantitative estimate of drug-likeness (QED) is 0.890. The van der Waals surface area contributed by atoms with Gasteiger partial charge in [-0.2, -0.15) is 0 Å². The average Bonchev–Trinajstić information content (AvgIpc) is 2.91. The molecule has 0 radical (unpaired) electrons. The van der Waals surface area contributed by atoms with E-state index in [0.29, 0.717) is 16.8 Å². The predicted octanol–water partition coefficient (Wildman–Crippen LogP) is 3.56. The molecule has 0 atom stereocenters. The molecule has 2 aromatic carbocycles. The first-order chi connectivity index (χ1) is 9.65. The molecule has 2 aromatic rings. The van der Waals surface area contributed by atoms with E-state index in [2.05, 4.69) is 4.99 Å². The van der Waals surface area contributed by atoms with Crippen molar-refractivity contribution < 1.29 is 13.9 Å². The molecule has 3 rings (SSSR count). The first-order valence-electron chi connectivity index (χ1n) is 6.14. The fourth-order valence-corrected chi connectivity index (χ4v) is 2.19. The van der Waals surface area contributed by atoms with E-state index in [1.54, 1.807) is 30.3 Å². The van der Waals surface area contributed by atoms with Gasteiger partial charge in [-0.25, -0.2) is 8.78 Å². The lowest BCUT2D eigenvalue weighted by atomic mass is 10.0. The van der Waals surface area contributed by atoms with Gasteiger partial charge in [0, 0.05) is 11.1 Å². The normalized spacial score (nSPS) is 14.1. The molecule has 1 N–H and O–H groups in total. The van der Waals surface area contributed by atoms with Gasteiger partial charge in [0.1, 0.15) is 17.4 Å². The summed E-state index contributed by atoms with van der Waals surface area (Å²) in [6.45, 7) is 0.268. The molecule has 0 saturated carbocycles. The van der Waals surface area contributed by atoms with Gasteiger partial charge in [0.2, 0.25) is 0 Å². The van der Waals surface area contributed by atoms with E-state index in [9.17, 15) is 13.9 Å². The third-order valence-electron chi connectivity index (χ3n) is 3.19. The Hall–Kier alpha value is -2.49.